The number of likely N-dealkylation sites (tertiary alicyclic amines) is 1. The van der Waals surface area contributed by atoms with Crippen molar-refractivity contribution in [2.24, 2.45) is 0 Å². The molecule has 10 nitrogen and oxygen atoms in total. The van der Waals surface area contributed by atoms with Crippen molar-refractivity contribution in [3.63, 3.8) is 0 Å². The first kappa shape index (κ1) is 24.4. The van der Waals surface area contributed by atoms with Crippen LogP contribution in [0.5, 0.6) is 5.75 Å². The molecule has 3 heterocycles. The lowest BCUT2D eigenvalue weighted by Gasteiger charge is -2.40. The fourth-order valence-corrected chi connectivity index (χ4v) is 4.93. The molecule has 3 aromatic rings. The van der Waals surface area contributed by atoms with Crippen molar-refractivity contribution in [2.45, 2.75) is 25.8 Å². The van der Waals surface area contributed by atoms with Crippen molar-refractivity contribution in [1.29, 1.82) is 10.7 Å². The molecule has 1 unspecified atom stereocenters. The van der Waals surface area contributed by atoms with Gasteiger partial charge in [0.05, 0.1) is 31.2 Å². The van der Waals surface area contributed by atoms with Gasteiger partial charge >= 0.3 is 0 Å². The van der Waals surface area contributed by atoms with E-state index >= 15 is 0 Å². The molecule has 1 aliphatic rings. The molecule has 4 rings (SSSR count). The van der Waals surface area contributed by atoms with Gasteiger partial charge in [0.1, 0.15) is 23.6 Å². The number of hydrogen-bond acceptors (Lipinski definition) is 9. The number of halogens is 1. The minimum Gasteiger partial charge on any atom is -0.496 e. The number of nitrogens with two attached hydrogens (primary N) is 1. The van der Waals surface area contributed by atoms with E-state index in [4.69, 9.17) is 37.8 Å². The summed E-state index contributed by atoms with van der Waals surface area (Å²) in [6.07, 6.45) is 4.30. The second-order valence-corrected chi connectivity index (χ2v) is 8.94. The number of rotatable bonds is 8. The van der Waals surface area contributed by atoms with Crippen LogP contribution in [0.4, 0.5) is 5.82 Å². The van der Waals surface area contributed by atoms with E-state index in [1.807, 2.05) is 19.9 Å². The molecule has 0 aliphatic carbocycles. The van der Waals surface area contributed by atoms with Crippen LogP contribution in [0.15, 0.2) is 18.6 Å². The van der Waals surface area contributed by atoms with Gasteiger partial charge in [-0.3, -0.25) is 4.90 Å². The van der Waals surface area contributed by atoms with Gasteiger partial charge in [-0.1, -0.05) is 11.6 Å². The first-order valence-electron chi connectivity index (χ1n) is 11.2. The average molecular weight is 494 g/mol. The number of methoxy groups -OCH3 is 1. The van der Waals surface area contributed by atoms with Crippen molar-refractivity contribution in [2.75, 3.05) is 39.5 Å². The van der Waals surface area contributed by atoms with Crippen LogP contribution in [0.1, 0.15) is 41.3 Å². The van der Waals surface area contributed by atoms with Crippen molar-refractivity contribution in [3.8, 4) is 11.8 Å². The molecule has 1 fully saturated rings. The number of anilines is 1. The zero-order chi connectivity index (χ0) is 25.3. The largest absolute Gasteiger partial charge is 0.496 e. The molecule has 0 radical (unpaired) electrons. The summed E-state index contributed by atoms with van der Waals surface area (Å²) in [6.45, 7) is 5.94. The molecule has 0 amide bonds. The predicted molar refractivity (Wildman–Crippen MR) is 137 cm³/mol. The highest BCUT2D eigenvalue weighted by Crippen LogP contribution is 2.44. The minimum absolute atomic E-state index is 0.217. The molecule has 1 aliphatic heterocycles. The normalized spacial score (nSPS) is 15.5. The third-order valence-electron chi connectivity index (χ3n) is 6.48. The molecule has 35 heavy (non-hydrogen) atoms. The summed E-state index contributed by atoms with van der Waals surface area (Å²) < 4.78 is 7.73. The third kappa shape index (κ3) is 4.17. The van der Waals surface area contributed by atoms with Crippen LogP contribution in [-0.4, -0.2) is 64.7 Å². The van der Waals surface area contributed by atoms with Crippen molar-refractivity contribution < 1.29 is 4.74 Å². The maximum absolute atomic E-state index is 9.01. The number of fused-ring (bicyclic) bond motifs is 1. The lowest BCUT2D eigenvalue weighted by Crippen LogP contribution is -2.45. The van der Waals surface area contributed by atoms with E-state index in [-0.39, 0.29) is 17.8 Å². The van der Waals surface area contributed by atoms with E-state index in [0.717, 1.165) is 35.5 Å². The van der Waals surface area contributed by atoms with Gasteiger partial charge < -0.3 is 21.2 Å². The Morgan fingerprint density at radius 3 is 2.83 bits per heavy atom. The quantitative estimate of drug-likeness (QED) is 0.321. The topological polar surface area (TPSA) is 142 Å². The van der Waals surface area contributed by atoms with Crippen LogP contribution in [0.2, 0.25) is 5.02 Å². The molecule has 0 bridgehead atoms. The third-order valence-corrected chi connectivity index (χ3v) is 6.87. The van der Waals surface area contributed by atoms with E-state index in [0.29, 0.717) is 33.9 Å². The molecule has 4 N–H and O–H groups in total. The lowest BCUT2D eigenvalue weighted by atomic mass is 9.85. The van der Waals surface area contributed by atoms with E-state index in [9.17, 15) is 0 Å². The zero-order valence-electron chi connectivity index (χ0n) is 20.1. The van der Waals surface area contributed by atoms with Crippen LogP contribution in [0.3, 0.4) is 0 Å². The van der Waals surface area contributed by atoms with E-state index < -0.39 is 0 Å². The Bertz CT molecular complexity index is 1350. The van der Waals surface area contributed by atoms with Crippen LogP contribution < -0.4 is 15.8 Å². The summed E-state index contributed by atoms with van der Waals surface area (Å²) in [6, 6.07) is 3.80. The Kier molecular flexibility index (Phi) is 6.91. The summed E-state index contributed by atoms with van der Waals surface area (Å²) in [4.78, 5) is 10.7. The van der Waals surface area contributed by atoms with E-state index in [2.05, 4.69) is 26.3 Å². The number of allylic oxidation sites excluding steroid dienone is 1. The Hall–Kier alpha value is -3.68. The number of hydrogen-bond donors (Lipinski definition) is 3. The number of nitrogen functional groups attached to an aromatic ring is 1. The summed E-state index contributed by atoms with van der Waals surface area (Å²) in [7, 11) is 3.41. The standard InChI is InChI=1S/C24H28ClN9O/c1-13-18(25)7-17(22(35-4)19(13)16-10-33(11-16)6-5-26)14(2)34-24-20(23(28)30-12-31-24)21(32-34)15(8-27)9-29-3/h7-9,12,14,16,27,29H,6,10-11H2,1-4H3,(H2,28,30,31)/b15-9+,27-8?. The predicted octanol–water partition coefficient (Wildman–Crippen LogP) is 3.12. The fourth-order valence-electron chi connectivity index (χ4n) is 4.71. The molecule has 182 valence electrons. The van der Waals surface area contributed by atoms with Crippen LogP contribution >= 0.6 is 11.6 Å². The molecular formula is C24H28ClN9O. The first-order chi connectivity index (χ1) is 16.9. The molecule has 1 atom stereocenters. The summed E-state index contributed by atoms with van der Waals surface area (Å²) >= 11 is 6.72. The highest BCUT2D eigenvalue weighted by atomic mass is 35.5. The van der Waals surface area contributed by atoms with Gasteiger partial charge in [-0.15, -0.1) is 0 Å². The average Bonchev–Trinajstić information content (AvgIpc) is 3.21. The molecular weight excluding hydrogens is 466 g/mol. The number of ether oxygens (including phenoxy) is 1. The van der Waals surface area contributed by atoms with Gasteiger partial charge in [-0.05, 0) is 25.5 Å². The van der Waals surface area contributed by atoms with E-state index in [1.54, 1.807) is 25.0 Å². The maximum Gasteiger partial charge on any atom is 0.164 e. The van der Waals surface area contributed by atoms with Gasteiger partial charge in [0.2, 0.25) is 0 Å². The second kappa shape index (κ2) is 9.90. The van der Waals surface area contributed by atoms with Crippen molar-refractivity contribution >= 4 is 40.2 Å². The van der Waals surface area contributed by atoms with Gasteiger partial charge in [0.15, 0.2) is 5.65 Å². The highest BCUT2D eigenvalue weighted by molar-refractivity contribution is 6.31. The number of nitrogens with one attached hydrogen (secondary N) is 2. The first-order valence-corrected chi connectivity index (χ1v) is 11.6. The molecule has 0 saturated carbocycles. The number of nitriles is 1. The smallest absolute Gasteiger partial charge is 0.164 e. The number of aromatic nitrogens is 4. The van der Waals surface area contributed by atoms with Gasteiger partial charge in [0, 0.05) is 60.2 Å². The Balaban J connectivity index is 1.88. The molecule has 1 saturated heterocycles. The summed E-state index contributed by atoms with van der Waals surface area (Å²) in [5, 5.41) is 25.9. The summed E-state index contributed by atoms with van der Waals surface area (Å²) in [5.74, 6) is 1.26. The Morgan fingerprint density at radius 2 is 2.20 bits per heavy atom. The molecule has 11 heteroatoms. The van der Waals surface area contributed by atoms with Gasteiger partial charge in [-0.2, -0.15) is 10.4 Å². The number of benzene rings is 1. The number of nitrogens with zero attached hydrogens (tertiary/aromatic N) is 6. The minimum atomic E-state index is -0.316. The molecule has 1 aromatic carbocycles. The summed E-state index contributed by atoms with van der Waals surface area (Å²) in [5.41, 5.74) is 10.7. The fraction of sp³-hybridized carbons (Fsp3) is 0.375. The van der Waals surface area contributed by atoms with Gasteiger partial charge in [-0.25, -0.2) is 14.6 Å². The monoisotopic (exact) mass is 493 g/mol. The second-order valence-electron chi connectivity index (χ2n) is 8.53. The maximum atomic E-state index is 9.01. The zero-order valence-corrected chi connectivity index (χ0v) is 20.9. The van der Waals surface area contributed by atoms with Crippen LogP contribution in [-0.2, 0) is 0 Å². The van der Waals surface area contributed by atoms with Gasteiger partial charge in [0.25, 0.3) is 0 Å². The molecule has 0 spiro atoms. The van der Waals surface area contributed by atoms with E-state index in [1.165, 1.54) is 12.5 Å². The Morgan fingerprint density at radius 1 is 1.46 bits per heavy atom. The SMILES string of the molecule is CN/C=C(\C=N)c1nn(C(C)c2cc(Cl)c(C)c(C3CN(CC#N)C3)c2OC)c2ncnc(N)c12. The highest BCUT2D eigenvalue weighted by Gasteiger charge is 2.34. The Labute approximate surface area is 208 Å². The van der Waals surface area contributed by atoms with Crippen LogP contribution in [0, 0.1) is 23.7 Å². The molecule has 2 aromatic heterocycles. The van der Waals surface area contributed by atoms with Crippen molar-refractivity contribution in [3.05, 3.63) is 46.0 Å². The van der Waals surface area contributed by atoms with Crippen LogP contribution in [0.25, 0.3) is 16.6 Å². The van der Waals surface area contributed by atoms with Crippen molar-refractivity contribution in [1.82, 2.24) is 30.0 Å². The lowest BCUT2D eigenvalue weighted by molar-refractivity contribution is 0.166.